The van der Waals surface area contributed by atoms with Gasteiger partial charge in [-0.05, 0) is 77.5 Å². The molecule has 0 saturated carbocycles. The number of aliphatic carboxylic acids is 1. The van der Waals surface area contributed by atoms with Crippen molar-refractivity contribution in [1.82, 2.24) is 0 Å². The van der Waals surface area contributed by atoms with Crippen LogP contribution in [-0.2, 0) is 11.0 Å². The minimum Gasteiger partial charge on any atom is -0.497 e. The summed E-state index contributed by atoms with van der Waals surface area (Å²) in [6.07, 6.45) is -1.99. The maximum absolute atomic E-state index is 13.4. The lowest BCUT2D eigenvalue weighted by Gasteiger charge is -2.19. The Kier molecular flexibility index (Phi) is 6.51. The quantitative estimate of drug-likeness (QED) is 0.288. The maximum atomic E-state index is 13.4. The van der Waals surface area contributed by atoms with Crippen LogP contribution in [0, 0.1) is 6.92 Å². The van der Waals surface area contributed by atoms with E-state index in [-0.39, 0.29) is 0 Å². The van der Waals surface area contributed by atoms with E-state index in [0.29, 0.717) is 39.3 Å². The number of carboxylic acid groups (broad SMARTS) is 1. The highest BCUT2D eigenvalue weighted by atomic mass is 19.4. The number of methoxy groups -OCH3 is 1. The number of benzene rings is 4. The summed E-state index contributed by atoms with van der Waals surface area (Å²) in [6, 6.07) is 19.2. The number of aryl methyl sites for hydroxylation is 1. The fraction of sp³-hybridized carbons (Fsp3) is 0.107. The van der Waals surface area contributed by atoms with Crippen LogP contribution in [0.1, 0.15) is 16.7 Å². The molecule has 0 aromatic heterocycles. The molecule has 4 rings (SSSR count). The van der Waals surface area contributed by atoms with Crippen molar-refractivity contribution < 1.29 is 32.5 Å². The summed E-state index contributed by atoms with van der Waals surface area (Å²) in [4.78, 5) is 10.8. The van der Waals surface area contributed by atoms with Gasteiger partial charge in [0.2, 0.25) is 0 Å². The van der Waals surface area contributed by atoms with E-state index in [1.54, 1.807) is 43.5 Å². The van der Waals surface area contributed by atoms with Gasteiger partial charge in [0.25, 0.3) is 0 Å². The van der Waals surface area contributed by atoms with Gasteiger partial charge >= 0.3 is 12.1 Å². The number of ether oxygens (including phenoxy) is 2. The fourth-order valence-corrected chi connectivity index (χ4v) is 3.86. The zero-order valence-corrected chi connectivity index (χ0v) is 18.9. The van der Waals surface area contributed by atoms with Gasteiger partial charge in [-0.15, -0.1) is 0 Å². The highest BCUT2D eigenvalue weighted by Crippen LogP contribution is 2.44. The normalized spacial score (nSPS) is 11.7. The lowest BCUT2D eigenvalue weighted by atomic mass is 9.93. The standard InChI is InChI=1S/C28H21F3O4/c1-17-14-20-16-23(34-2)11-12-24(20)27(26(17)19-4-3-5-21(15-19)28(29,30)31)35-22-9-6-18(7-10-22)8-13-25(32)33/h3-16H,1-2H3,(H,32,33)/b13-8+. The summed E-state index contributed by atoms with van der Waals surface area (Å²) in [5.41, 5.74) is 1.58. The van der Waals surface area contributed by atoms with Gasteiger partial charge in [0.15, 0.2) is 0 Å². The summed E-state index contributed by atoms with van der Waals surface area (Å²) >= 11 is 0. The van der Waals surface area contributed by atoms with E-state index in [0.717, 1.165) is 29.2 Å². The molecule has 0 aliphatic rings. The van der Waals surface area contributed by atoms with Crippen LogP contribution in [0.15, 0.2) is 78.9 Å². The molecule has 0 unspecified atom stereocenters. The van der Waals surface area contributed by atoms with E-state index < -0.39 is 17.7 Å². The molecule has 0 radical (unpaired) electrons. The number of carbonyl (C=O) groups is 1. The summed E-state index contributed by atoms with van der Waals surface area (Å²) in [5, 5.41) is 10.3. The van der Waals surface area contributed by atoms with E-state index in [1.807, 2.05) is 25.1 Å². The molecule has 0 saturated heterocycles. The monoisotopic (exact) mass is 478 g/mol. The van der Waals surface area contributed by atoms with Crippen molar-refractivity contribution in [2.24, 2.45) is 0 Å². The minimum absolute atomic E-state index is 0.381. The Labute approximate surface area is 199 Å². The summed E-state index contributed by atoms with van der Waals surface area (Å²) in [7, 11) is 1.56. The Morgan fingerprint density at radius 1 is 0.943 bits per heavy atom. The van der Waals surface area contributed by atoms with Gasteiger partial charge in [0.1, 0.15) is 17.2 Å². The van der Waals surface area contributed by atoms with Crippen LogP contribution in [0.25, 0.3) is 28.0 Å². The number of hydrogen-bond donors (Lipinski definition) is 1. The molecule has 0 amide bonds. The molecular formula is C28H21F3O4. The van der Waals surface area contributed by atoms with Crippen molar-refractivity contribution in [3.05, 3.63) is 95.6 Å². The molecule has 4 nitrogen and oxygen atoms in total. The maximum Gasteiger partial charge on any atom is 0.416 e. The van der Waals surface area contributed by atoms with Crippen molar-refractivity contribution in [3.8, 4) is 28.4 Å². The van der Waals surface area contributed by atoms with E-state index in [4.69, 9.17) is 14.6 Å². The van der Waals surface area contributed by atoms with Crippen LogP contribution in [0.2, 0.25) is 0 Å². The first-order valence-corrected chi connectivity index (χ1v) is 10.6. The van der Waals surface area contributed by atoms with Gasteiger partial charge in [-0.25, -0.2) is 4.79 Å². The third kappa shape index (κ3) is 5.30. The highest BCUT2D eigenvalue weighted by molar-refractivity contribution is 5.98. The molecule has 0 aliphatic carbocycles. The first kappa shape index (κ1) is 23.9. The predicted molar refractivity (Wildman–Crippen MR) is 129 cm³/mol. The molecule has 7 heteroatoms. The first-order chi connectivity index (χ1) is 16.7. The summed E-state index contributed by atoms with van der Waals surface area (Å²) in [5.74, 6) is 0.450. The summed E-state index contributed by atoms with van der Waals surface area (Å²) < 4.78 is 51.9. The van der Waals surface area contributed by atoms with E-state index in [2.05, 4.69) is 0 Å². The number of hydrogen-bond acceptors (Lipinski definition) is 3. The van der Waals surface area contributed by atoms with Gasteiger partial charge in [-0.1, -0.05) is 30.3 Å². The zero-order valence-electron chi connectivity index (χ0n) is 18.9. The van der Waals surface area contributed by atoms with Gasteiger partial charge in [-0.3, -0.25) is 0 Å². The van der Waals surface area contributed by atoms with Crippen molar-refractivity contribution in [2.45, 2.75) is 13.1 Å². The lowest BCUT2D eigenvalue weighted by Crippen LogP contribution is -2.05. The summed E-state index contributed by atoms with van der Waals surface area (Å²) in [6.45, 7) is 1.82. The smallest absolute Gasteiger partial charge is 0.416 e. The topological polar surface area (TPSA) is 55.8 Å². The third-order valence-electron chi connectivity index (χ3n) is 5.49. The lowest BCUT2D eigenvalue weighted by molar-refractivity contribution is -0.137. The van der Waals surface area contributed by atoms with Gasteiger partial charge in [0.05, 0.1) is 12.7 Å². The van der Waals surface area contributed by atoms with Crippen LogP contribution in [0.4, 0.5) is 13.2 Å². The molecule has 0 aliphatic heterocycles. The molecule has 4 aromatic rings. The van der Waals surface area contributed by atoms with Crippen LogP contribution in [-0.4, -0.2) is 18.2 Å². The molecule has 0 atom stereocenters. The van der Waals surface area contributed by atoms with Crippen LogP contribution < -0.4 is 9.47 Å². The Morgan fingerprint density at radius 2 is 1.66 bits per heavy atom. The molecule has 0 spiro atoms. The number of carboxylic acids is 1. The molecular weight excluding hydrogens is 457 g/mol. The van der Waals surface area contributed by atoms with Crippen molar-refractivity contribution in [3.63, 3.8) is 0 Å². The van der Waals surface area contributed by atoms with Crippen LogP contribution in [0.3, 0.4) is 0 Å². The Morgan fingerprint density at radius 3 is 2.31 bits per heavy atom. The van der Waals surface area contributed by atoms with E-state index in [1.165, 1.54) is 12.1 Å². The van der Waals surface area contributed by atoms with Crippen LogP contribution in [0.5, 0.6) is 17.2 Å². The van der Waals surface area contributed by atoms with E-state index in [9.17, 15) is 18.0 Å². The van der Waals surface area contributed by atoms with Crippen molar-refractivity contribution in [1.29, 1.82) is 0 Å². The second-order valence-corrected chi connectivity index (χ2v) is 7.91. The molecule has 0 heterocycles. The Bertz CT molecular complexity index is 1420. The predicted octanol–water partition coefficient (Wildman–Crippen LogP) is 7.73. The molecule has 0 bridgehead atoms. The van der Waals surface area contributed by atoms with Gasteiger partial charge in [-0.2, -0.15) is 13.2 Å². The van der Waals surface area contributed by atoms with Gasteiger partial charge in [0, 0.05) is 17.0 Å². The van der Waals surface area contributed by atoms with Crippen LogP contribution >= 0.6 is 0 Å². The number of rotatable bonds is 6. The fourth-order valence-electron chi connectivity index (χ4n) is 3.86. The first-order valence-electron chi connectivity index (χ1n) is 10.6. The Balaban J connectivity index is 1.88. The zero-order chi connectivity index (χ0) is 25.2. The second-order valence-electron chi connectivity index (χ2n) is 7.91. The number of fused-ring (bicyclic) bond motifs is 1. The van der Waals surface area contributed by atoms with Crippen molar-refractivity contribution >= 4 is 22.8 Å². The highest BCUT2D eigenvalue weighted by Gasteiger charge is 2.31. The number of halogens is 3. The minimum atomic E-state index is -4.48. The molecule has 178 valence electrons. The average Bonchev–Trinajstić information content (AvgIpc) is 2.82. The number of alkyl halides is 3. The third-order valence-corrected chi connectivity index (χ3v) is 5.49. The van der Waals surface area contributed by atoms with Gasteiger partial charge < -0.3 is 14.6 Å². The average molecular weight is 478 g/mol. The van der Waals surface area contributed by atoms with Crippen molar-refractivity contribution in [2.75, 3.05) is 7.11 Å². The molecule has 4 aromatic carbocycles. The Hall–Kier alpha value is -4.26. The molecule has 1 N–H and O–H groups in total. The largest absolute Gasteiger partial charge is 0.497 e. The molecule has 0 fully saturated rings. The van der Waals surface area contributed by atoms with E-state index >= 15 is 0 Å². The second kappa shape index (κ2) is 9.54. The molecule has 35 heavy (non-hydrogen) atoms. The SMILES string of the molecule is COc1ccc2c(Oc3ccc(/C=C/C(=O)O)cc3)c(-c3cccc(C(F)(F)F)c3)c(C)cc2c1.